The van der Waals surface area contributed by atoms with E-state index < -0.39 is 0 Å². The van der Waals surface area contributed by atoms with Crippen molar-refractivity contribution < 1.29 is 32.5 Å². The van der Waals surface area contributed by atoms with Crippen LogP contribution in [-0.2, 0) is 0 Å². The number of pyridine rings is 4. The second-order valence-electron chi connectivity index (χ2n) is 12.2. The summed E-state index contributed by atoms with van der Waals surface area (Å²) in [5.41, 5.74) is 5.25. The van der Waals surface area contributed by atoms with E-state index in [4.69, 9.17) is 57.0 Å². The minimum absolute atomic E-state index is 0.332. The number of nitrogens with one attached hydrogen (secondary N) is 4. The summed E-state index contributed by atoms with van der Waals surface area (Å²) in [6, 6.07) is 23.4. The lowest BCUT2D eigenvalue weighted by atomic mass is 10.2. The van der Waals surface area contributed by atoms with Gasteiger partial charge in [-0.05, 0) is 85.1 Å². The largest absolute Gasteiger partial charge is 0.493 e. The smallest absolute Gasteiger partial charge is 0.229 e. The van der Waals surface area contributed by atoms with E-state index in [2.05, 4.69) is 51.2 Å². The molecule has 17 nitrogen and oxygen atoms in total. The minimum atomic E-state index is 0.332. The molecule has 304 valence electrons. The Bertz CT molecular complexity index is 2710. The SMILES string of the molecule is COc1cc(NC(=S)Nc2cc(-c3nc4ncccc4o3)ccn2)cc(OC)c1OC.COc1ccc(NC(=S)Nc2cc(-c3nc4ncccc4o3)ccn2)cc1OC. The van der Waals surface area contributed by atoms with Crippen molar-refractivity contribution in [3.63, 3.8) is 0 Å². The molecule has 8 aromatic rings. The maximum absolute atomic E-state index is 5.77. The van der Waals surface area contributed by atoms with Crippen LogP contribution in [0, 0.1) is 0 Å². The van der Waals surface area contributed by atoms with E-state index in [0.717, 1.165) is 16.8 Å². The Morgan fingerprint density at radius 2 is 0.967 bits per heavy atom. The molecule has 6 aromatic heterocycles. The summed E-state index contributed by atoms with van der Waals surface area (Å²) < 4.78 is 38.1. The number of oxazole rings is 2. The number of aromatic nitrogens is 6. The summed E-state index contributed by atoms with van der Waals surface area (Å²) in [7, 11) is 7.81. The summed E-state index contributed by atoms with van der Waals surface area (Å²) in [5, 5.41) is 13.0. The van der Waals surface area contributed by atoms with Crippen LogP contribution in [0.1, 0.15) is 0 Å². The lowest BCUT2D eigenvalue weighted by Gasteiger charge is -2.16. The van der Waals surface area contributed by atoms with Crippen molar-refractivity contribution in [3.05, 3.63) is 104 Å². The van der Waals surface area contributed by atoms with Gasteiger partial charge in [-0.2, -0.15) is 9.97 Å². The van der Waals surface area contributed by atoms with Crippen LogP contribution in [0.5, 0.6) is 28.7 Å². The number of hydrogen-bond acceptors (Lipinski definition) is 15. The van der Waals surface area contributed by atoms with Gasteiger partial charge in [-0.25, -0.2) is 19.9 Å². The highest BCUT2D eigenvalue weighted by molar-refractivity contribution is 7.81. The van der Waals surface area contributed by atoms with Crippen molar-refractivity contribution in [2.24, 2.45) is 0 Å². The zero-order valence-electron chi connectivity index (χ0n) is 32.7. The number of benzene rings is 2. The van der Waals surface area contributed by atoms with E-state index in [-0.39, 0.29) is 0 Å². The van der Waals surface area contributed by atoms with Crippen molar-refractivity contribution in [2.75, 3.05) is 56.8 Å². The first-order chi connectivity index (χ1) is 29.3. The molecule has 0 bridgehead atoms. The predicted octanol–water partition coefficient (Wildman–Crippen LogP) is 8.23. The van der Waals surface area contributed by atoms with Crippen molar-refractivity contribution in [3.8, 4) is 51.7 Å². The van der Waals surface area contributed by atoms with E-state index in [9.17, 15) is 0 Å². The van der Waals surface area contributed by atoms with Crippen molar-refractivity contribution >= 4 is 80.1 Å². The van der Waals surface area contributed by atoms with E-state index in [1.54, 1.807) is 121 Å². The van der Waals surface area contributed by atoms with Gasteiger partial charge in [-0.15, -0.1) is 0 Å². The van der Waals surface area contributed by atoms with Gasteiger partial charge in [0.05, 0.1) is 35.5 Å². The molecule has 0 unspecified atom stereocenters. The van der Waals surface area contributed by atoms with Crippen LogP contribution < -0.4 is 45.0 Å². The third-order valence-corrected chi connectivity index (χ3v) is 8.80. The van der Waals surface area contributed by atoms with Crippen molar-refractivity contribution in [1.29, 1.82) is 0 Å². The first-order valence-corrected chi connectivity index (χ1v) is 18.6. The van der Waals surface area contributed by atoms with Gasteiger partial charge in [0.25, 0.3) is 0 Å². The van der Waals surface area contributed by atoms with E-state index in [1.807, 2.05) is 18.2 Å². The molecule has 0 saturated heterocycles. The minimum Gasteiger partial charge on any atom is -0.493 e. The third kappa shape index (κ3) is 9.55. The lowest BCUT2D eigenvalue weighted by molar-refractivity contribution is 0.324. The number of thiocarbonyl (C=S) groups is 2. The quantitative estimate of drug-likeness (QED) is 0.0907. The molecule has 0 atom stereocenters. The molecule has 19 heteroatoms. The molecule has 6 heterocycles. The standard InChI is InChI=1S/C21H19N5O4S.C20H17N5O3S/c1-27-15-10-13(11-16(28-2)18(15)29-3)24-21(31)25-17-9-12(6-8-22-17)20-26-19-14(30-20)5-4-7-23-19;1-26-14-6-5-13(11-16(14)27-2)23-20(29)24-17-10-12(7-9-21-17)19-25-18-15(28-19)4-3-8-22-18/h4-11H,1-3H3,(H2,22,24,25,31);3-11H,1-2H3,(H2,21,23,24,29). The molecule has 0 spiro atoms. The van der Waals surface area contributed by atoms with Crippen molar-refractivity contribution in [2.45, 2.75) is 0 Å². The first kappa shape index (κ1) is 40.6. The van der Waals surface area contributed by atoms with Crippen LogP contribution in [0.2, 0.25) is 0 Å². The van der Waals surface area contributed by atoms with Crippen LogP contribution in [0.25, 0.3) is 45.4 Å². The van der Waals surface area contributed by atoms with E-state index in [0.29, 0.717) is 90.5 Å². The summed E-state index contributed by atoms with van der Waals surface area (Å²) >= 11 is 10.8. The van der Waals surface area contributed by atoms with Crippen molar-refractivity contribution in [1.82, 2.24) is 29.9 Å². The Morgan fingerprint density at radius 3 is 1.43 bits per heavy atom. The molecule has 0 aliphatic rings. The Hall–Kier alpha value is -7.64. The molecule has 0 aliphatic heterocycles. The molecule has 0 amide bonds. The van der Waals surface area contributed by atoms with E-state index in [1.165, 1.54) is 0 Å². The number of fused-ring (bicyclic) bond motifs is 2. The second kappa shape index (κ2) is 18.7. The second-order valence-corrected chi connectivity index (χ2v) is 13.0. The maximum Gasteiger partial charge on any atom is 0.229 e. The number of anilines is 4. The molecule has 2 aromatic carbocycles. The normalized spacial score (nSPS) is 10.6. The highest BCUT2D eigenvalue weighted by atomic mass is 32.1. The molecule has 8 rings (SSSR count). The fourth-order valence-corrected chi connectivity index (χ4v) is 6.12. The van der Waals surface area contributed by atoms with Gasteiger partial charge in [-0.1, -0.05) is 0 Å². The van der Waals surface area contributed by atoms with Gasteiger partial charge < -0.3 is 53.8 Å². The third-order valence-electron chi connectivity index (χ3n) is 8.39. The monoisotopic (exact) mass is 844 g/mol. The van der Waals surface area contributed by atoms with Gasteiger partial charge in [0.15, 0.2) is 55.7 Å². The van der Waals surface area contributed by atoms with Gasteiger partial charge in [0.2, 0.25) is 17.5 Å². The van der Waals surface area contributed by atoms with Gasteiger partial charge >= 0.3 is 0 Å². The average Bonchev–Trinajstić information content (AvgIpc) is 3.92. The molecule has 60 heavy (non-hydrogen) atoms. The van der Waals surface area contributed by atoms with Crippen LogP contribution in [0.3, 0.4) is 0 Å². The summed E-state index contributed by atoms with van der Waals surface area (Å²) in [6.45, 7) is 0. The van der Waals surface area contributed by atoms with Crippen LogP contribution in [0.15, 0.2) is 112 Å². The Balaban J connectivity index is 0.000000182. The molecule has 0 fully saturated rings. The summed E-state index contributed by atoms with van der Waals surface area (Å²) in [6.07, 6.45) is 6.63. The molecule has 4 N–H and O–H groups in total. The number of nitrogens with zero attached hydrogens (tertiary/aromatic N) is 6. The average molecular weight is 845 g/mol. The summed E-state index contributed by atoms with van der Waals surface area (Å²) in [5.74, 6) is 4.74. The van der Waals surface area contributed by atoms with Gasteiger partial charge in [-0.3, -0.25) is 0 Å². The zero-order chi connectivity index (χ0) is 42.0. The fourth-order valence-electron chi connectivity index (χ4n) is 5.67. The fraction of sp³-hybridized carbons (Fsp3) is 0.122. The summed E-state index contributed by atoms with van der Waals surface area (Å²) in [4.78, 5) is 25.8. The maximum atomic E-state index is 5.77. The number of hydrogen-bond donors (Lipinski definition) is 4. The molecular formula is C41H36N10O7S2. The molecular weight excluding hydrogens is 809 g/mol. The number of methoxy groups -OCH3 is 5. The lowest BCUT2D eigenvalue weighted by Crippen LogP contribution is -2.19. The Morgan fingerprint density at radius 1 is 0.483 bits per heavy atom. The van der Waals surface area contributed by atoms with Gasteiger partial charge in [0, 0.05) is 65.5 Å². The molecule has 0 radical (unpaired) electrons. The zero-order valence-corrected chi connectivity index (χ0v) is 34.3. The molecule has 0 aliphatic carbocycles. The van der Waals surface area contributed by atoms with E-state index >= 15 is 0 Å². The van der Waals surface area contributed by atoms with Crippen LogP contribution in [0.4, 0.5) is 23.0 Å². The van der Waals surface area contributed by atoms with Gasteiger partial charge in [0.1, 0.15) is 11.6 Å². The first-order valence-electron chi connectivity index (χ1n) is 17.8. The predicted molar refractivity (Wildman–Crippen MR) is 235 cm³/mol. The Kier molecular flexibility index (Phi) is 12.7. The number of rotatable bonds is 11. The number of ether oxygens (including phenoxy) is 5. The highest BCUT2D eigenvalue weighted by Crippen LogP contribution is 2.40. The topological polar surface area (TPSA) is 198 Å². The van der Waals surface area contributed by atoms with Crippen LogP contribution in [-0.4, -0.2) is 75.7 Å². The molecule has 0 saturated carbocycles. The highest BCUT2D eigenvalue weighted by Gasteiger charge is 2.15. The Labute approximate surface area is 353 Å². The van der Waals surface area contributed by atoms with Crippen LogP contribution >= 0.6 is 24.4 Å².